The summed E-state index contributed by atoms with van der Waals surface area (Å²) in [6.07, 6.45) is 3.74. The number of nitrogens with zero attached hydrogens (tertiary/aromatic N) is 3. The number of carbonyl (C=O) groups is 2. The van der Waals surface area contributed by atoms with Gasteiger partial charge in [-0.15, -0.1) is 0 Å². The molecule has 0 aliphatic carbocycles. The molecule has 0 unspecified atom stereocenters. The minimum absolute atomic E-state index is 0.0537. The van der Waals surface area contributed by atoms with Gasteiger partial charge in [0.2, 0.25) is 11.8 Å². The van der Waals surface area contributed by atoms with Gasteiger partial charge in [0.05, 0.1) is 6.54 Å². The summed E-state index contributed by atoms with van der Waals surface area (Å²) in [4.78, 5) is 28.6. The van der Waals surface area contributed by atoms with Crippen LogP contribution in [0.3, 0.4) is 0 Å². The summed E-state index contributed by atoms with van der Waals surface area (Å²) in [5.74, 6) is -0.224. The van der Waals surface area contributed by atoms with Crippen molar-refractivity contribution in [1.82, 2.24) is 20.4 Å². The van der Waals surface area contributed by atoms with Crippen LogP contribution in [0.15, 0.2) is 4.52 Å². The molecule has 2 heterocycles. The van der Waals surface area contributed by atoms with Crippen LogP contribution >= 0.6 is 0 Å². The normalized spacial score (nSPS) is 19.4. The zero-order valence-corrected chi connectivity index (χ0v) is 12.2. The molecule has 1 saturated heterocycles. The molecule has 0 saturated carbocycles. The molecule has 1 aliphatic rings. The van der Waals surface area contributed by atoms with Crippen LogP contribution < -0.4 is 11.1 Å². The predicted octanol–water partition coefficient (Wildman–Crippen LogP) is -0.0933. The Morgan fingerprint density at radius 3 is 3.00 bits per heavy atom. The highest BCUT2D eigenvalue weighted by atomic mass is 16.5. The third-order valence-electron chi connectivity index (χ3n) is 3.63. The number of nitrogens with two attached hydrogens (primary N) is 1. The second-order valence-electron chi connectivity index (χ2n) is 5.46. The van der Waals surface area contributed by atoms with Crippen LogP contribution in [-0.2, 0) is 11.3 Å². The van der Waals surface area contributed by atoms with E-state index in [1.54, 1.807) is 0 Å². The maximum atomic E-state index is 11.8. The number of hydrogen-bond acceptors (Lipinski definition) is 6. The van der Waals surface area contributed by atoms with Crippen LogP contribution in [0.4, 0.5) is 0 Å². The fourth-order valence-electron chi connectivity index (χ4n) is 2.53. The molecule has 21 heavy (non-hydrogen) atoms. The molecule has 0 aromatic carbocycles. The van der Waals surface area contributed by atoms with E-state index in [0.717, 1.165) is 19.5 Å². The highest BCUT2D eigenvalue weighted by Gasteiger charge is 2.18. The molecule has 0 radical (unpaired) electrons. The average molecular weight is 295 g/mol. The summed E-state index contributed by atoms with van der Waals surface area (Å²) in [5.41, 5.74) is 5.01. The average Bonchev–Trinajstić information content (AvgIpc) is 2.92. The lowest BCUT2D eigenvalue weighted by Crippen LogP contribution is -2.33. The molecule has 3 N–H and O–H groups in total. The second-order valence-corrected chi connectivity index (χ2v) is 5.46. The van der Waals surface area contributed by atoms with Gasteiger partial charge in [-0.3, -0.25) is 9.59 Å². The Balaban J connectivity index is 1.68. The van der Waals surface area contributed by atoms with Gasteiger partial charge in [-0.2, -0.15) is 4.98 Å². The first-order valence-corrected chi connectivity index (χ1v) is 7.12. The van der Waals surface area contributed by atoms with Crippen molar-refractivity contribution in [2.75, 3.05) is 20.1 Å². The van der Waals surface area contributed by atoms with Gasteiger partial charge in [0.15, 0.2) is 0 Å². The van der Waals surface area contributed by atoms with Crippen molar-refractivity contribution in [1.29, 1.82) is 0 Å². The van der Waals surface area contributed by atoms with Crippen LogP contribution in [0.1, 0.15) is 42.2 Å². The molecule has 1 aromatic heterocycles. The Morgan fingerprint density at radius 2 is 2.33 bits per heavy atom. The van der Waals surface area contributed by atoms with Crippen LogP contribution in [0.2, 0.25) is 0 Å². The molecule has 2 rings (SSSR count). The van der Waals surface area contributed by atoms with Gasteiger partial charge < -0.3 is 20.5 Å². The Bertz CT molecular complexity index is 502. The number of piperidine rings is 1. The molecule has 1 fully saturated rings. The summed E-state index contributed by atoms with van der Waals surface area (Å²) in [6, 6.07) is 0. The van der Waals surface area contributed by atoms with Crippen LogP contribution in [0, 0.1) is 5.92 Å². The van der Waals surface area contributed by atoms with Crippen molar-refractivity contribution in [2.24, 2.45) is 11.7 Å². The van der Waals surface area contributed by atoms with Gasteiger partial charge in [-0.1, -0.05) is 5.16 Å². The van der Waals surface area contributed by atoms with Gasteiger partial charge in [-0.05, 0) is 38.8 Å². The Hall–Kier alpha value is -1.96. The first-order valence-electron chi connectivity index (χ1n) is 7.12. The lowest BCUT2D eigenvalue weighted by Gasteiger charge is -2.29. The largest absolute Gasteiger partial charge is 0.363 e. The lowest BCUT2D eigenvalue weighted by molar-refractivity contribution is -0.121. The first kappa shape index (κ1) is 15.4. The van der Waals surface area contributed by atoms with Crippen LogP contribution in [0.25, 0.3) is 0 Å². The molecular weight excluding hydrogens is 274 g/mol. The summed E-state index contributed by atoms with van der Waals surface area (Å²) >= 11 is 0. The number of likely N-dealkylation sites (tertiary alicyclic amines) is 1. The van der Waals surface area contributed by atoms with Crippen molar-refractivity contribution in [3.63, 3.8) is 0 Å². The number of amides is 2. The molecule has 2 amide bonds. The summed E-state index contributed by atoms with van der Waals surface area (Å²) in [5, 5.41) is 6.11. The SMILES string of the molecule is CN1CCC[C@H](CCC(=O)NCc2nc(C(N)=O)no2)C1. The lowest BCUT2D eigenvalue weighted by atomic mass is 9.93. The van der Waals surface area contributed by atoms with Crippen molar-refractivity contribution >= 4 is 11.8 Å². The number of hydrogen-bond donors (Lipinski definition) is 2. The predicted molar refractivity (Wildman–Crippen MR) is 74.1 cm³/mol. The number of aromatic nitrogens is 2. The van der Waals surface area contributed by atoms with E-state index < -0.39 is 5.91 Å². The molecule has 1 atom stereocenters. The quantitative estimate of drug-likeness (QED) is 0.758. The number of primary amides is 1. The van der Waals surface area contributed by atoms with Crippen molar-refractivity contribution < 1.29 is 14.1 Å². The van der Waals surface area contributed by atoms with Gasteiger partial charge in [0, 0.05) is 13.0 Å². The van der Waals surface area contributed by atoms with Crippen LogP contribution in [-0.4, -0.2) is 47.0 Å². The van der Waals surface area contributed by atoms with E-state index >= 15 is 0 Å². The van der Waals surface area contributed by atoms with E-state index in [1.165, 1.54) is 12.8 Å². The molecule has 0 bridgehead atoms. The monoisotopic (exact) mass is 295 g/mol. The molecular formula is C13H21N5O3. The maximum absolute atomic E-state index is 11.8. The van der Waals surface area contributed by atoms with Crippen molar-refractivity contribution in [3.8, 4) is 0 Å². The van der Waals surface area contributed by atoms with E-state index in [-0.39, 0.29) is 24.2 Å². The third kappa shape index (κ3) is 4.82. The highest BCUT2D eigenvalue weighted by molar-refractivity contribution is 5.88. The van der Waals surface area contributed by atoms with E-state index in [0.29, 0.717) is 12.3 Å². The highest BCUT2D eigenvalue weighted by Crippen LogP contribution is 2.19. The van der Waals surface area contributed by atoms with Gasteiger partial charge in [0.1, 0.15) is 0 Å². The Morgan fingerprint density at radius 1 is 1.52 bits per heavy atom. The zero-order valence-electron chi connectivity index (χ0n) is 12.2. The summed E-state index contributed by atoms with van der Waals surface area (Å²) < 4.78 is 4.80. The van der Waals surface area contributed by atoms with E-state index in [9.17, 15) is 9.59 Å². The molecule has 1 aromatic rings. The van der Waals surface area contributed by atoms with E-state index in [2.05, 4.69) is 27.4 Å². The minimum Gasteiger partial charge on any atom is -0.363 e. The number of rotatable bonds is 6. The number of nitrogens with one attached hydrogen (secondary N) is 1. The fourth-order valence-corrected chi connectivity index (χ4v) is 2.53. The van der Waals surface area contributed by atoms with Crippen molar-refractivity contribution in [2.45, 2.75) is 32.2 Å². The third-order valence-corrected chi connectivity index (χ3v) is 3.63. The van der Waals surface area contributed by atoms with Gasteiger partial charge >= 0.3 is 0 Å². The van der Waals surface area contributed by atoms with E-state index in [1.807, 2.05) is 0 Å². The second kappa shape index (κ2) is 7.16. The Kier molecular flexibility index (Phi) is 5.26. The van der Waals surface area contributed by atoms with Crippen LogP contribution in [0.5, 0.6) is 0 Å². The fraction of sp³-hybridized carbons (Fsp3) is 0.692. The molecule has 0 spiro atoms. The number of carbonyl (C=O) groups excluding carboxylic acids is 2. The standard InChI is InChI=1S/C13H21N5O3/c1-18-6-2-3-9(8-18)4-5-10(19)15-7-11-16-13(12(14)20)17-21-11/h9H,2-8H2,1H3,(H2,14,20)(H,15,19)/t9-/m1/s1. The molecule has 1 aliphatic heterocycles. The first-order chi connectivity index (χ1) is 10.0. The van der Waals surface area contributed by atoms with Crippen molar-refractivity contribution in [3.05, 3.63) is 11.7 Å². The topological polar surface area (TPSA) is 114 Å². The molecule has 8 nitrogen and oxygen atoms in total. The van der Waals surface area contributed by atoms with Gasteiger partial charge in [0.25, 0.3) is 11.7 Å². The molecule has 8 heteroatoms. The maximum Gasteiger partial charge on any atom is 0.290 e. The summed E-state index contributed by atoms with van der Waals surface area (Å²) in [7, 11) is 2.11. The minimum atomic E-state index is -0.752. The smallest absolute Gasteiger partial charge is 0.290 e. The van der Waals surface area contributed by atoms with E-state index in [4.69, 9.17) is 10.3 Å². The summed E-state index contributed by atoms with van der Waals surface area (Å²) in [6.45, 7) is 2.31. The zero-order chi connectivity index (χ0) is 15.2. The Labute approximate surface area is 123 Å². The van der Waals surface area contributed by atoms with Gasteiger partial charge in [-0.25, -0.2) is 0 Å². The molecule has 116 valence electrons.